The molecule has 1 aromatic carbocycles. The maximum Gasteiger partial charge on any atom is 0.224 e. The predicted octanol–water partition coefficient (Wildman–Crippen LogP) is 3.61. The summed E-state index contributed by atoms with van der Waals surface area (Å²) < 4.78 is 5.28. The zero-order valence-electron chi connectivity index (χ0n) is 11.5. The summed E-state index contributed by atoms with van der Waals surface area (Å²) in [4.78, 5) is 13.2. The number of hydrogen-bond donors (Lipinski definition) is 1. The summed E-state index contributed by atoms with van der Waals surface area (Å²) in [6, 6.07) is 13.1. The van der Waals surface area contributed by atoms with Crippen molar-refractivity contribution >= 4 is 22.9 Å². The first-order valence-electron chi connectivity index (χ1n) is 6.70. The highest BCUT2D eigenvalue weighted by Gasteiger charge is 2.07. The fourth-order valence-corrected chi connectivity index (χ4v) is 2.65. The number of carbonyl (C=O) groups excluding carboxylic acids is 1. The van der Waals surface area contributed by atoms with Gasteiger partial charge < -0.3 is 10.1 Å². The van der Waals surface area contributed by atoms with E-state index in [0.717, 1.165) is 12.8 Å². The number of para-hydroxylation sites is 2. The van der Waals surface area contributed by atoms with Gasteiger partial charge in [-0.1, -0.05) is 18.2 Å². The summed E-state index contributed by atoms with van der Waals surface area (Å²) in [5, 5.41) is 13.4. The van der Waals surface area contributed by atoms with Crippen LogP contribution < -0.4 is 10.1 Å². The van der Waals surface area contributed by atoms with E-state index < -0.39 is 0 Å². The number of anilines is 1. The van der Waals surface area contributed by atoms with Gasteiger partial charge in [0.15, 0.2) is 6.61 Å². The van der Waals surface area contributed by atoms with Crippen LogP contribution in [0.1, 0.15) is 17.7 Å². The lowest BCUT2D eigenvalue weighted by atomic mass is 10.2. The number of ether oxygens (including phenoxy) is 1. The molecular weight excluding hydrogens is 284 g/mol. The first-order valence-corrected chi connectivity index (χ1v) is 7.58. The van der Waals surface area contributed by atoms with Crippen molar-refractivity contribution in [2.75, 3.05) is 11.9 Å². The first-order chi connectivity index (χ1) is 10.3. The molecule has 0 saturated heterocycles. The number of nitriles is 1. The smallest absolute Gasteiger partial charge is 0.224 e. The van der Waals surface area contributed by atoms with Crippen LogP contribution in [-0.2, 0) is 11.2 Å². The molecule has 1 N–H and O–H groups in total. The number of thiophene rings is 1. The van der Waals surface area contributed by atoms with E-state index in [4.69, 9.17) is 10.00 Å². The number of carbonyl (C=O) groups is 1. The van der Waals surface area contributed by atoms with Crippen LogP contribution in [0.4, 0.5) is 5.69 Å². The minimum atomic E-state index is -0.0421. The molecule has 0 atom stereocenters. The molecule has 0 bridgehead atoms. The molecule has 0 aliphatic heterocycles. The predicted molar refractivity (Wildman–Crippen MR) is 83.4 cm³/mol. The molecule has 0 unspecified atom stereocenters. The molecule has 2 aromatic rings. The van der Waals surface area contributed by atoms with E-state index in [9.17, 15) is 4.79 Å². The van der Waals surface area contributed by atoms with Gasteiger partial charge in [0.2, 0.25) is 5.91 Å². The number of nitrogens with zero attached hydrogens (tertiary/aromatic N) is 1. The molecule has 108 valence electrons. The van der Waals surface area contributed by atoms with E-state index in [0.29, 0.717) is 17.9 Å². The third kappa shape index (κ3) is 4.93. The Hall–Kier alpha value is -2.32. The number of rotatable bonds is 7. The van der Waals surface area contributed by atoms with Crippen molar-refractivity contribution in [3.63, 3.8) is 0 Å². The van der Waals surface area contributed by atoms with Gasteiger partial charge in [-0.3, -0.25) is 4.79 Å². The van der Waals surface area contributed by atoms with Crippen LogP contribution in [0.2, 0.25) is 0 Å². The molecular formula is C16H16N2O2S. The zero-order chi connectivity index (χ0) is 14.9. The monoisotopic (exact) mass is 300 g/mol. The Kier molecular flexibility index (Phi) is 5.80. The van der Waals surface area contributed by atoms with Crippen molar-refractivity contribution in [2.24, 2.45) is 0 Å². The number of aryl methyl sites for hydroxylation is 1. The Balaban J connectivity index is 1.83. The molecule has 2 rings (SSSR count). The summed E-state index contributed by atoms with van der Waals surface area (Å²) in [7, 11) is 0. The van der Waals surface area contributed by atoms with Crippen molar-refractivity contribution < 1.29 is 9.53 Å². The van der Waals surface area contributed by atoms with Gasteiger partial charge in [0.25, 0.3) is 0 Å². The molecule has 4 nitrogen and oxygen atoms in total. The van der Waals surface area contributed by atoms with Crippen LogP contribution in [-0.4, -0.2) is 12.5 Å². The number of hydrogen-bond acceptors (Lipinski definition) is 4. The molecule has 0 aliphatic rings. The second kappa shape index (κ2) is 8.08. The topological polar surface area (TPSA) is 62.1 Å². The fourth-order valence-electron chi connectivity index (χ4n) is 1.90. The standard InChI is InChI=1S/C16H16N2O2S/c17-10-11-20-15-8-2-1-7-14(15)18-16(19)9-3-5-13-6-4-12-21-13/h1-2,4,6-8,12H,3,5,9,11H2,(H,18,19). The van der Waals surface area contributed by atoms with Gasteiger partial charge in [0.05, 0.1) is 5.69 Å². The molecule has 21 heavy (non-hydrogen) atoms. The quantitative estimate of drug-likeness (QED) is 0.849. The van der Waals surface area contributed by atoms with Gasteiger partial charge in [-0.25, -0.2) is 0 Å². The van der Waals surface area contributed by atoms with E-state index >= 15 is 0 Å². The molecule has 1 heterocycles. The largest absolute Gasteiger partial charge is 0.477 e. The second-order valence-electron chi connectivity index (χ2n) is 4.42. The first kappa shape index (κ1) is 15.1. The summed E-state index contributed by atoms with van der Waals surface area (Å²) in [6.07, 6.45) is 2.19. The Labute approximate surface area is 128 Å². The maximum atomic E-state index is 11.9. The molecule has 0 spiro atoms. The van der Waals surface area contributed by atoms with Crippen molar-refractivity contribution in [1.82, 2.24) is 0 Å². The highest BCUT2D eigenvalue weighted by Crippen LogP contribution is 2.24. The van der Waals surface area contributed by atoms with Gasteiger partial charge >= 0.3 is 0 Å². The third-order valence-corrected chi connectivity index (χ3v) is 3.80. The van der Waals surface area contributed by atoms with Gasteiger partial charge in [0, 0.05) is 11.3 Å². The Morgan fingerprint density at radius 1 is 1.29 bits per heavy atom. The minimum absolute atomic E-state index is 0.0364. The van der Waals surface area contributed by atoms with E-state index in [1.165, 1.54) is 4.88 Å². The van der Waals surface area contributed by atoms with Crippen LogP contribution in [0.15, 0.2) is 41.8 Å². The Morgan fingerprint density at radius 2 is 2.14 bits per heavy atom. The molecule has 1 aromatic heterocycles. The lowest BCUT2D eigenvalue weighted by Crippen LogP contribution is -2.12. The third-order valence-electron chi connectivity index (χ3n) is 2.86. The number of amides is 1. The fraction of sp³-hybridized carbons (Fsp3) is 0.250. The van der Waals surface area contributed by atoms with Crippen LogP contribution in [0, 0.1) is 11.3 Å². The highest BCUT2D eigenvalue weighted by molar-refractivity contribution is 7.09. The molecule has 0 fully saturated rings. The van der Waals surface area contributed by atoms with Crippen molar-refractivity contribution in [2.45, 2.75) is 19.3 Å². The molecule has 0 saturated carbocycles. The zero-order valence-corrected chi connectivity index (χ0v) is 12.4. The Bertz CT molecular complexity index is 617. The number of benzene rings is 1. The molecule has 0 radical (unpaired) electrons. The van der Waals surface area contributed by atoms with Gasteiger partial charge in [-0.2, -0.15) is 5.26 Å². The minimum Gasteiger partial charge on any atom is -0.477 e. The van der Waals surface area contributed by atoms with E-state index in [1.54, 1.807) is 29.5 Å². The highest BCUT2D eigenvalue weighted by atomic mass is 32.1. The molecule has 0 aliphatic carbocycles. The summed E-state index contributed by atoms with van der Waals surface area (Å²) in [6.45, 7) is -0.0364. The normalized spacial score (nSPS) is 9.86. The van der Waals surface area contributed by atoms with E-state index in [-0.39, 0.29) is 12.5 Å². The van der Waals surface area contributed by atoms with Crippen LogP contribution in [0.25, 0.3) is 0 Å². The van der Waals surface area contributed by atoms with Crippen molar-refractivity contribution in [1.29, 1.82) is 5.26 Å². The van der Waals surface area contributed by atoms with Crippen molar-refractivity contribution in [3.8, 4) is 11.8 Å². The van der Waals surface area contributed by atoms with Crippen molar-refractivity contribution in [3.05, 3.63) is 46.7 Å². The van der Waals surface area contributed by atoms with Crippen LogP contribution in [0.5, 0.6) is 5.75 Å². The summed E-state index contributed by atoms with van der Waals surface area (Å²) in [5.41, 5.74) is 0.605. The number of nitrogens with one attached hydrogen (secondary N) is 1. The van der Waals surface area contributed by atoms with Gasteiger partial charge in [0.1, 0.15) is 11.8 Å². The van der Waals surface area contributed by atoms with Crippen LogP contribution >= 0.6 is 11.3 Å². The van der Waals surface area contributed by atoms with Gasteiger partial charge in [-0.15, -0.1) is 11.3 Å². The molecule has 1 amide bonds. The van der Waals surface area contributed by atoms with Gasteiger partial charge in [-0.05, 0) is 36.4 Å². The Morgan fingerprint density at radius 3 is 2.90 bits per heavy atom. The average molecular weight is 300 g/mol. The SMILES string of the molecule is N#CCOc1ccccc1NC(=O)CCCc1cccs1. The van der Waals surface area contributed by atoms with E-state index in [2.05, 4.69) is 11.4 Å². The molecule has 5 heteroatoms. The maximum absolute atomic E-state index is 11.9. The average Bonchev–Trinajstić information content (AvgIpc) is 2.99. The van der Waals surface area contributed by atoms with E-state index in [1.807, 2.05) is 23.6 Å². The van der Waals surface area contributed by atoms with Crippen LogP contribution in [0.3, 0.4) is 0 Å². The lowest BCUT2D eigenvalue weighted by Gasteiger charge is -2.10. The lowest BCUT2D eigenvalue weighted by molar-refractivity contribution is -0.116. The summed E-state index contributed by atoms with van der Waals surface area (Å²) >= 11 is 1.71. The second-order valence-corrected chi connectivity index (χ2v) is 5.46. The summed E-state index contributed by atoms with van der Waals surface area (Å²) in [5.74, 6) is 0.477.